The summed E-state index contributed by atoms with van der Waals surface area (Å²) < 4.78 is 0. The van der Waals surface area contributed by atoms with Crippen molar-refractivity contribution in [3.05, 3.63) is 0 Å². The van der Waals surface area contributed by atoms with Crippen LogP contribution < -0.4 is 5.32 Å². The van der Waals surface area contributed by atoms with E-state index in [0.717, 1.165) is 25.0 Å². The number of hydrogen-bond donors (Lipinski definition) is 1. The highest BCUT2D eigenvalue weighted by Crippen LogP contribution is 2.38. The SMILES string of the molecule is CC1NCN(CC2CC2C)C1=O. The van der Waals surface area contributed by atoms with Gasteiger partial charge in [-0.15, -0.1) is 0 Å². The van der Waals surface area contributed by atoms with E-state index in [4.69, 9.17) is 0 Å². The lowest BCUT2D eigenvalue weighted by molar-refractivity contribution is -0.128. The Morgan fingerprint density at radius 3 is 2.67 bits per heavy atom. The van der Waals surface area contributed by atoms with Crippen LogP contribution in [0.4, 0.5) is 0 Å². The Morgan fingerprint density at radius 2 is 2.25 bits per heavy atom. The van der Waals surface area contributed by atoms with Crippen molar-refractivity contribution >= 4 is 5.91 Å². The third-order valence-corrected chi connectivity index (χ3v) is 3.00. The Hall–Kier alpha value is -0.570. The summed E-state index contributed by atoms with van der Waals surface area (Å²) in [6.45, 7) is 5.90. The predicted octanol–water partition coefficient (Wildman–Crippen LogP) is 0.420. The van der Waals surface area contributed by atoms with Crippen LogP contribution in [0.1, 0.15) is 20.3 Å². The summed E-state index contributed by atoms with van der Waals surface area (Å²) in [5, 5.41) is 3.14. The normalized spacial score (nSPS) is 40.7. The molecule has 3 heteroatoms. The maximum Gasteiger partial charge on any atom is 0.240 e. The van der Waals surface area contributed by atoms with E-state index in [0.29, 0.717) is 0 Å². The molecule has 2 rings (SSSR count). The zero-order chi connectivity index (χ0) is 8.72. The number of carbonyl (C=O) groups excluding carboxylic acids is 1. The Bertz CT molecular complexity index is 205. The van der Waals surface area contributed by atoms with Crippen LogP contribution in [-0.4, -0.2) is 30.1 Å². The molecular formula is C9H16N2O. The molecule has 12 heavy (non-hydrogen) atoms. The minimum atomic E-state index is 0.0408. The summed E-state index contributed by atoms with van der Waals surface area (Å²) in [6.07, 6.45) is 1.30. The molecule has 1 N–H and O–H groups in total. The largest absolute Gasteiger partial charge is 0.328 e. The lowest BCUT2D eigenvalue weighted by Crippen LogP contribution is -2.30. The van der Waals surface area contributed by atoms with E-state index in [1.54, 1.807) is 0 Å². The molecular weight excluding hydrogens is 152 g/mol. The molecule has 2 fully saturated rings. The van der Waals surface area contributed by atoms with Crippen molar-refractivity contribution in [2.24, 2.45) is 11.8 Å². The van der Waals surface area contributed by atoms with Gasteiger partial charge in [-0.05, 0) is 25.2 Å². The minimum Gasteiger partial charge on any atom is -0.328 e. The van der Waals surface area contributed by atoms with E-state index in [1.807, 2.05) is 11.8 Å². The quantitative estimate of drug-likeness (QED) is 0.648. The lowest BCUT2D eigenvalue weighted by Gasteiger charge is -2.13. The van der Waals surface area contributed by atoms with Crippen molar-refractivity contribution in [1.29, 1.82) is 0 Å². The molecule has 1 heterocycles. The average molecular weight is 168 g/mol. The van der Waals surface area contributed by atoms with Gasteiger partial charge in [-0.1, -0.05) is 6.92 Å². The molecule has 0 aromatic rings. The number of nitrogens with one attached hydrogen (secondary N) is 1. The number of rotatable bonds is 2. The number of hydrogen-bond acceptors (Lipinski definition) is 2. The molecule has 3 nitrogen and oxygen atoms in total. The van der Waals surface area contributed by atoms with Gasteiger partial charge in [0.25, 0.3) is 0 Å². The maximum absolute atomic E-state index is 11.4. The van der Waals surface area contributed by atoms with E-state index in [2.05, 4.69) is 12.2 Å². The van der Waals surface area contributed by atoms with E-state index < -0.39 is 0 Å². The molecule has 0 aromatic heterocycles. The Balaban J connectivity index is 1.85. The van der Waals surface area contributed by atoms with Crippen LogP contribution in [-0.2, 0) is 4.79 Å². The van der Waals surface area contributed by atoms with Crippen molar-refractivity contribution in [3.8, 4) is 0 Å². The molecule has 0 radical (unpaired) electrons. The zero-order valence-electron chi connectivity index (χ0n) is 7.71. The smallest absolute Gasteiger partial charge is 0.240 e. The first kappa shape index (κ1) is 8.05. The van der Waals surface area contributed by atoms with Gasteiger partial charge in [-0.2, -0.15) is 0 Å². The highest BCUT2D eigenvalue weighted by molar-refractivity contribution is 5.83. The molecule has 0 spiro atoms. The van der Waals surface area contributed by atoms with E-state index in [-0.39, 0.29) is 11.9 Å². The number of carbonyl (C=O) groups is 1. The zero-order valence-corrected chi connectivity index (χ0v) is 7.71. The van der Waals surface area contributed by atoms with Gasteiger partial charge in [0.05, 0.1) is 12.7 Å². The molecule has 1 aliphatic heterocycles. The standard InChI is InChI=1S/C9H16N2O/c1-6-3-8(6)4-11-5-10-7(2)9(11)12/h6-8,10H,3-5H2,1-2H3. The summed E-state index contributed by atoms with van der Waals surface area (Å²) >= 11 is 0. The Kier molecular flexibility index (Phi) is 1.83. The summed E-state index contributed by atoms with van der Waals surface area (Å²) in [5.74, 6) is 1.89. The highest BCUT2D eigenvalue weighted by atomic mass is 16.2. The third kappa shape index (κ3) is 1.33. The molecule has 2 aliphatic rings. The van der Waals surface area contributed by atoms with E-state index in [1.165, 1.54) is 6.42 Å². The molecule has 1 aliphatic carbocycles. The second-order valence-corrected chi connectivity index (χ2v) is 4.12. The summed E-state index contributed by atoms with van der Waals surface area (Å²) in [5.41, 5.74) is 0. The average Bonchev–Trinajstić information content (AvgIpc) is 2.64. The minimum absolute atomic E-state index is 0.0408. The Labute approximate surface area is 73.1 Å². The van der Waals surface area contributed by atoms with E-state index >= 15 is 0 Å². The van der Waals surface area contributed by atoms with Crippen LogP contribution in [0, 0.1) is 11.8 Å². The second kappa shape index (κ2) is 2.73. The summed E-state index contributed by atoms with van der Waals surface area (Å²) in [6, 6.07) is 0.0408. The van der Waals surface area contributed by atoms with Gasteiger partial charge in [-0.3, -0.25) is 10.1 Å². The van der Waals surface area contributed by atoms with E-state index in [9.17, 15) is 4.79 Å². The van der Waals surface area contributed by atoms with Crippen molar-refractivity contribution < 1.29 is 4.79 Å². The van der Waals surface area contributed by atoms with Crippen LogP contribution in [0.25, 0.3) is 0 Å². The fourth-order valence-corrected chi connectivity index (χ4v) is 1.78. The van der Waals surface area contributed by atoms with Crippen LogP contribution in [0.5, 0.6) is 0 Å². The van der Waals surface area contributed by atoms with Crippen LogP contribution in [0.2, 0.25) is 0 Å². The number of amides is 1. The molecule has 3 atom stereocenters. The molecule has 1 saturated carbocycles. The van der Waals surface area contributed by atoms with Crippen molar-refractivity contribution in [2.75, 3.05) is 13.2 Å². The third-order valence-electron chi connectivity index (χ3n) is 3.00. The van der Waals surface area contributed by atoms with Gasteiger partial charge in [0, 0.05) is 6.54 Å². The van der Waals surface area contributed by atoms with Crippen molar-refractivity contribution in [3.63, 3.8) is 0 Å². The lowest BCUT2D eigenvalue weighted by atomic mass is 10.3. The Morgan fingerprint density at radius 1 is 1.58 bits per heavy atom. The van der Waals surface area contributed by atoms with Gasteiger partial charge < -0.3 is 4.90 Å². The van der Waals surface area contributed by atoms with Crippen LogP contribution in [0.3, 0.4) is 0 Å². The van der Waals surface area contributed by atoms with Crippen molar-refractivity contribution in [2.45, 2.75) is 26.3 Å². The number of nitrogens with zero attached hydrogens (tertiary/aromatic N) is 1. The second-order valence-electron chi connectivity index (χ2n) is 4.12. The molecule has 0 aromatic carbocycles. The van der Waals surface area contributed by atoms with Crippen LogP contribution in [0.15, 0.2) is 0 Å². The van der Waals surface area contributed by atoms with Gasteiger partial charge in [0.15, 0.2) is 0 Å². The van der Waals surface area contributed by atoms with Crippen LogP contribution >= 0.6 is 0 Å². The molecule has 68 valence electrons. The molecule has 0 bridgehead atoms. The fourth-order valence-electron chi connectivity index (χ4n) is 1.78. The molecule has 1 amide bonds. The topological polar surface area (TPSA) is 32.3 Å². The maximum atomic E-state index is 11.4. The predicted molar refractivity (Wildman–Crippen MR) is 46.4 cm³/mol. The fraction of sp³-hybridized carbons (Fsp3) is 0.889. The monoisotopic (exact) mass is 168 g/mol. The van der Waals surface area contributed by atoms with Gasteiger partial charge in [0.1, 0.15) is 0 Å². The van der Waals surface area contributed by atoms with Gasteiger partial charge in [-0.25, -0.2) is 0 Å². The first-order valence-corrected chi connectivity index (χ1v) is 4.70. The highest BCUT2D eigenvalue weighted by Gasteiger charge is 2.37. The molecule has 1 saturated heterocycles. The summed E-state index contributed by atoms with van der Waals surface area (Å²) in [7, 11) is 0. The summed E-state index contributed by atoms with van der Waals surface area (Å²) in [4.78, 5) is 13.4. The van der Waals surface area contributed by atoms with Crippen molar-refractivity contribution in [1.82, 2.24) is 10.2 Å². The molecule has 3 unspecified atom stereocenters. The first-order valence-electron chi connectivity index (χ1n) is 4.70. The first-order chi connectivity index (χ1) is 5.68. The van der Waals surface area contributed by atoms with Gasteiger partial charge in [0.2, 0.25) is 5.91 Å². The van der Waals surface area contributed by atoms with Gasteiger partial charge >= 0.3 is 0 Å².